The van der Waals surface area contributed by atoms with Crippen molar-refractivity contribution in [3.05, 3.63) is 18.0 Å². The molecule has 13 heavy (non-hydrogen) atoms. The smallest absolute Gasteiger partial charge is 0.0518 e. The van der Waals surface area contributed by atoms with Crippen molar-refractivity contribution < 1.29 is 0 Å². The van der Waals surface area contributed by atoms with E-state index in [0.717, 1.165) is 12.3 Å². The van der Waals surface area contributed by atoms with Crippen LogP contribution < -0.4 is 0 Å². The Labute approximate surface area is 85.7 Å². The molecule has 0 aliphatic heterocycles. The summed E-state index contributed by atoms with van der Waals surface area (Å²) in [5, 5.41) is 4.27. The largest absolute Gasteiger partial charge is 0.272 e. The molecule has 1 aromatic heterocycles. The van der Waals surface area contributed by atoms with Crippen LogP contribution in [0.4, 0.5) is 0 Å². The summed E-state index contributed by atoms with van der Waals surface area (Å²) < 4.78 is 2.01. The first kappa shape index (κ1) is 10.6. The molecule has 0 spiro atoms. The quantitative estimate of drug-likeness (QED) is 0.736. The molecule has 0 bridgehead atoms. The molecule has 74 valence electrons. The molecule has 0 saturated heterocycles. The van der Waals surface area contributed by atoms with Gasteiger partial charge in [0.25, 0.3) is 0 Å². The van der Waals surface area contributed by atoms with Gasteiger partial charge in [-0.25, -0.2) is 0 Å². The van der Waals surface area contributed by atoms with Gasteiger partial charge < -0.3 is 0 Å². The lowest BCUT2D eigenvalue weighted by atomic mass is 9.98. The molecule has 2 nitrogen and oxygen atoms in total. The summed E-state index contributed by atoms with van der Waals surface area (Å²) >= 11 is 4.35. The van der Waals surface area contributed by atoms with E-state index in [1.54, 1.807) is 0 Å². The lowest BCUT2D eigenvalue weighted by molar-refractivity contribution is 0.355. The Morgan fingerprint density at radius 2 is 2.23 bits per heavy atom. The van der Waals surface area contributed by atoms with Gasteiger partial charge in [0.2, 0.25) is 0 Å². The third-order valence-corrected chi connectivity index (χ3v) is 2.83. The molecule has 3 heteroatoms. The zero-order valence-electron chi connectivity index (χ0n) is 8.57. The fourth-order valence-corrected chi connectivity index (χ4v) is 1.82. The van der Waals surface area contributed by atoms with Gasteiger partial charge in [-0.1, -0.05) is 13.8 Å². The van der Waals surface area contributed by atoms with Crippen LogP contribution >= 0.6 is 12.6 Å². The molecule has 0 aliphatic rings. The minimum Gasteiger partial charge on any atom is -0.272 e. The van der Waals surface area contributed by atoms with Crippen LogP contribution in [0.3, 0.4) is 0 Å². The first-order chi connectivity index (χ1) is 6.13. The topological polar surface area (TPSA) is 17.8 Å². The van der Waals surface area contributed by atoms with Gasteiger partial charge in [-0.05, 0) is 30.1 Å². The van der Waals surface area contributed by atoms with E-state index in [0.29, 0.717) is 11.8 Å². The number of rotatable bonds is 4. The minimum atomic E-state index is 0.614. The SMILES string of the molecule is Cc1cnn(CC(CS)C(C)C)c1. The standard InChI is InChI=1S/C10H18N2S/c1-8(2)10(7-13)6-12-5-9(3)4-11-12/h4-5,8,10,13H,6-7H2,1-3H3. The summed E-state index contributed by atoms with van der Waals surface area (Å²) in [6.45, 7) is 7.51. The van der Waals surface area contributed by atoms with Crippen LogP contribution in [0.1, 0.15) is 19.4 Å². The van der Waals surface area contributed by atoms with Crippen molar-refractivity contribution in [3.63, 3.8) is 0 Å². The molecule has 0 amide bonds. The summed E-state index contributed by atoms with van der Waals surface area (Å²) in [6, 6.07) is 0. The van der Waals surface area contributed by atoms with E-state index in [2.05, 4.69) is 44.7 Å². The maximum atomic E-state index is 4.35. The second kappa shape index (κ2) is 4.70. The number of aromatic nitrogens is 2. The van der Waals surface area contributed by atoms with Crippen molar-refractivity contribution in [1.82, 2.24) is 9.78 Å². The Morgan fingerprint density at radius 1 is 1.54 bits per heavy atom. The molecule has 0 N–H and O–H groups in total. The van der Waals surface area contributed by atoms with Crippen LogP contribution in [0.25, 0.3) is 0 Å². The average molecular weight is 198 g/mol. The van der Waals surface area contributed by atoms with E-state index in [-0.39, 0.29) is 0 Å². The van der Waals surface area contributed by atoms with Crippen LogP contribution in [-0.4, -0.2) is 15.5 Å². The minimum absolute atomic E-state index is 0.614. The molecule has 1 atom stereocenters. The Hall–Kier alpha value is -0.440. The number of thiol groups is 1. The van der Waals surface area contributed by atoms with Crippen molar-refractivity contribution >= 4 is 12.6 Å². The molecule has 1 heterocycles. The molecule has 0 fully saturated rings. The van der Waals surface area contributed by atoms with Gasteiger partial charge in [0, 0.05) is 12.7 Å². The van der Waals surface area contributed by atoms with E-state index in [1.807, 2.05) is 10.9 Å². The predicted molar refractivity (Wildman–Crippen MR) is 59.1 cm³/mol. The van der Waals surface area contributed by atoms with Gasteiger partial charge in [0.05, 0.1) is 6.20 Å². The lowest BCUT2D eigenvalue weighted by Gasteiger charge is -2.18. The second-order valence-corrected chi connectivity index (χ2v) is 4.29. The third-order valence-electron chi connectivity index (χ3n) is 2.36. The Morgan fingerprint density at radius 3 is 2.62 bits per heavy atom. The van der Waals surface area contributed by atoms with E-state index < -0.39 is 0 Å². The summed E-state index contributed by atoms with van der Waals surface area (Å²) in [6.07, 6.45) is 3.98. The van der Waals surface area contributed by atoms with Crippen molar-refractivity contribution in [2.45, 2.75) is 27.3 Å². The van der Waals surface area contributed by atoms with Crippen LogP contribution in [-0.2, 0) is 6.54 Å². The molecule has 1 rings (SSSR count). The van der Waals surface area contributed by atoms with Gasteiger partial charge in [0.15, 0.2) is 0 Å². The molecule has 1 unspecified atom stereocenters. The zero-order valence-corrected chi connectivity index (χ0v) is 9.46. The molecule has 1 aromatic rings. The second-order valence-electron chi connectivity index (χ2n) is 3.93. The first-order valence-corrected chi connectivity index (χ1v) is 5.36. The van der Waals surface area contributed by atoms with E-state index in [9.17, 15) is 0 Å². The van der Waals surface area contributed by atoms with Gasteiger partial charge >= 0.3 is 0 Å². The highest BCUT2D eigenvalue weighted by Crippen LogP contribution is 2.14. The number of aryl methyl sites for hydroxylation is 1. The van der Waals surface area contributed by atoms with Crippen LogP contribution in [0.5, 0.6) is 0 Å². The maximum absolute atomic E-state index is 4.35. The monoisotopic (exact) mass is 198 g/mol. The van der Waals surface area contributed by atoms with Crippen molar-refractivity contribution in [2.24, 2.45) is 11.8 Å². The number of nitrogens with zero attached hydrogens (tertiary/aromatic N) is 2. The molecule has 0 aromatic carbocycles. The number of hydrogen-bond acceptors (Lipinski definition) is 2. The lowest BCUT2D eigenvalue weighted by Crippen LogP contribution is -2.18. The van der Waals surface area contributed by atoms with Crippen LogP contribution in [0, 0.1) is 18.8 Å². The van der Waals surface area contributed by atoms with E-state index in [1.165, 1.54) is 5.56 Å². The maximum Gasteiger partial charge on any atom is 0.0518 e. The van der Waals surface area contributed by atoms with Crippen LogP contribution in [0.2, 0.25) is 0 Å². The van der Waals surface area contributed by atoms with Crippen molar-refractivity contribution in [3.8, 4) is 0 Å². The summed E-state index contributed by atoms with van der Waals surface area (Å²) in [7, 11) is 0. The fraction of sp³-hybridized carbons (Fsp3) is 0.700. The normalized spacial score (nSPS) is 13.6. The van der Waals surface area contributed by atoms with Crippen molar-refractivity contribution in [2.75, 3.05) is 5.75 Å². The van der Waals surface area contributed by atoms with Gasteiger partial charge in [0.1, 0.15) is 0 Å². The Balaban J connectivity index is 2.56. The van der Waals surface area contributed by atoms with Crippen LogP contribution in [0.15, 0.2) is 12.4 Å². The summed E-state index contributed by atoms with van der Waals surface area (Å²) in [5.74, 6) is 2.21. The van der Waals surface area contributed by atoms with E-state index >= 15 is 0 Å². The Kier molecular flexibility index (Phi) is 3.85. The molecular formula is C10H18N2S. The molecule has 0 radical (unpaired) electrons. The number of hydrogen-bond donors (Lipinski definition) is 1. The third kappa shape index (κ3) is 3.07. The molecule has 0 saturated carbocycles. The van der Waals surface area contributed by atoms with Gasteiger partial charge in [-0.2, -0.15) is 17.7 Å². The summed E-state index contributed by atoms with van der Waals surface area (Å²) in [4.78, 5) is 0. The molecule has 0 aliphatic carbocycles. The highest BCUT2D eigenvalue weighted by atomic mass is 32.1. The van der Waals surface area contributed by atoms with Gasteiger partial charge in [-0.3, -0.25) is 4.68 Å². The van der Waals surface area contributed by atoms with Crippen molar-refractivity contribution in [1.29, 1.82) is 0 Å². The fourth-order valence-electron chi connectivity index (χ4n) is 1.29. The highest BCUT2D eigenvalue weighted by Gasteiger charge is 2.12. The van der Waals surface area contributed by atoms with E-state index in [4.69, 9.17) is 0 Å². The average Bonchev–Trinajstić information content (AvgIpc) is 2.46. The first-order valence-electron chi connectivity index (χ1n) is 4.73. The zero-order chi connectivity index (χ0) is 9.84. The highest BCUT2D eigenvalue weighted by molar-refractivity contribution is 7.80. The molecular weight excluding hydrogens is 180 g/mol. The predicted octanol–water partition coefficient (Wildman–Crippen LogP) is 2.39. The Bertz CT molecular complexity index is 255. The summed E-state index contributed by atoms with van der Waals surface area (Å²) in [5.41, 5.74) is 1.22. The van der Waals surface area contributed by atoms with Gasteiger partial charge in [-0.15, -0.1) is 0 Å².